The molecule has 2 aromatic heterocycles. The lowest BCUT2D eigenvalue weighted by molar-refractivity contribution is -0.137. The van der Waals surface area contributed by atoms with E-state index in [1.165, 1.54) is 18.2 Å². The van der Waals surface area contributed by atoms with Crippen molar-refractivity contribution in [1.29, 1.82) is 0 Å². The molecule has 1 aliphatic heterocycles. The van der Waals surface area contributed by atoms with Crippen LogP contribution in [0.25, 0.3) is 22.3 Å². The third-order valence-corrected chi connectivity index (χ3v) is 4.97. The van der Waals surface area contributed by atoms with Crippen LogP contribution in [0.15, 0.2) is 55.4 Å². The molecular formula is C21H18F3N5O. The Morgan fingerprint density at radius 3 is 2.67 bits per heavy atom. The van der Waals surface area contributed by atoms with E-state index in [1.54, 1.807) is 18.5 Å². The minimum Gasteiger partial charge on any atom is -0.354 e. The van der Waals surface area contributed by atoms with E-state index in [4.69, 9.17) is 0 Å². The largest absolute Gasteiger partial charge is 0.416 e. The monoisotopic (exact) mass is 413 g/mol. The smallest absolute Gasteiger partial charge is 0.354 e. The Balaban J connectivity index is 1.70. The molecule has 0 spiro atoms. The molecule has 0 aliphatic carbocycles. The maximum atomic E-state index is 12.9. The summed E-state index contributed by atoms with van der Waals surface area (Å²) in [6.45, 7) is 4.69. The summed E-state index contributed by atoms with van der Waals surface area (Å²) in [6, 6.07) is 6.52. The summed E-state index contributed by atoms with van der Waals surface area (Å²) in [7, 11) is 0. The standard InChI is InChI=1S/C21H18F3N5O/c1-2-18(30)26-15-8-10-29(12-15)20-16-7-9-25-11-17(16)27-19(28-20)13-3-5-14(6-4-13)21(22,23)24/h2-7,9,11,15H,1,8,10,12H2,(H,26,30). The van der Waals surface area contributed by atoms with Gasteiger partial charge in [0.2, 0.25) is 5.91 Å². The van der Waals surface area contributed by atoms with Crippen molar-refractivity contribution in [3.05, 3.63) is 60.9 Å². The van der Waals surface area contributed by atoms with Gasteiger partial charge in [0, 0.05) is 36.3 Å². The number of halogens is 3. The molecule has 1 saturated heterocycles. The Bertz CT molecular complexity index is 1100. The van der Waals surface area contributed by atoms with Gasteiger partial charge in [0.25, 0.3) is 0 Å². The number of amides is 1. The first-order chi connectivity index (χ1) is 14.3. The first kappa shape index (κ1) is 19.8. The number of hydrogen-bond donors (Lipinski definition) is 1. The Hall–Kier alpha value is -3.49. The van der Waals surface area contributed by atoms with E-state index in [0.717, 1.165) is 23.9 Å². The van der Waals surface area contributed by atoms with Gasteiger partial charge in [-0.25, -0.2) is 9.97 Å². The lowest BCUT2D eigenvalue weighted by Crippen LogP contribution is -2.36. The predicted octanol–water partition coefficient (Wildman–Crippen LogP) is 3.59. The van der Waals surface area contributed by atoms with Gasteiger partial charge in [-0.2, -0.15) is 13.2 Å². The van der Waals surface area contributed by atoms with E-state index in [9.17, 15) is 18.0 Å². The van der Waals surface area contributed by atoms with Crippen molar-refractivity contribution >= 4 is 22.6 Å². The minimum absolute atomic E-state index is 0.0446. The van der Waals surface area contributed by atoms with Crippen molar-refractivity contribution < 1.29 is 18.0 Å². The highest BCUT2D eigenvalue weighted by Crippen LogP contribution is 2.32. The highest BCUT2D eigenvalue weighted by atomic mass is 19.4. The number of carbonyl (C=O) groups is 1. The number of alkyl halides is 3. The van der Waals surface area contributed by atoms with Crippen LogP contribution in [0.5, 0.6) is 0 Å². The van der Waals surface area contributed by atoms with Gasteiger partial charge in [-0.15, -0.1) is 0 Å². The molecule has 0 saturated carbocycles. The second-order valence-corrected chi connectivity index (χ2v) is 6.98. The number of aromatic nitrogens is 3. The van der Waals surface area contributed by atoms with Gasteiger partial charge in [0.15, 0.2) is 5.82 Å². The fourth-order valence-electron chi connectivity index (χ4n) is 3.47. The molecule has 1 aromatic carbocycles. The number of hydrogen-bond acceptors (Lipinski definition) is 5. The Labute approximate surface area is 170 Å². The van der Waals surface area contributed by atoms with E-state index in [0.29, 0.717) is 35.8 Å². The van der Waals surface area contributed by atoms with E-state index in [2.05, 4.69) is 26.8 Å². The molecule has 4 rings (SSSR count). The van der Waals surface area contributed by atoms with Gasteiger partial charge in [-0.3, -0.25) is 9.78 Å². The average Bonchev–Trinajstić information content (AvgIpc) is 3.20. The summed E-state index contributed by atoms with van der Waals surface area (Å²) in [5.74, 6) is 0.745. The van der Waals surface area contributed by atoms with Crippen LogP contribution in [0.3, 0.4) is 0 Å². The fourth-order valence-corrected chi connectivity index (χ4v) is 3.47. The van der Waals surface area contributed by atoms with Crippen molar-refractivity contribution in [2.45, 2.75) is 18.6 Å². The Kier molecular flexibility index (Phi) is 5.11. The zero-order valence-electron chi connectivity index (χ0n) is 15.9. The summed E-state index contributed by atoms with van der Waals surface area (Å²) in [4.78, 5) is 26.9. The van der Waals surface area contributed by atoms with Crippen LogP contribution in [0, 0.1) is 0 Å². The molecule has 9 heteroatoms. The number of pyridine rings is 1. The number of rotatable bonds is 4. The topological polar surface area (TPSA) is 71.0 Å². The van der Waals surface area contributed by atoms with E-state index in [-0.39, 0.29) is 11.9 Å². The van der Waals surface area contributed by atoms with Crippen LogP contribution in [0.4, 0.5) is 19.0 Å². The Morgan fingerprint density at radius 2 is 1.97 bits per heavy atom. The molecule has 1 fully saturated rings. The van der Waals surface area contributed by atoms with Gasteiger partial charge < -0.3 is 10.2 Å². The van der Waals surface area contributed by atoms with Gasteiger partial charge >= 0.3 is 6.18 Å². The SMILES string of the molecule is C=CC(=O)NC1CCN(c2nc(-c3ccc(C(F)(F)F)cc3)nc3cnccc23)C1. The number of benzene rings is 1. The molecule has 154 valence electrons. The number of fused-ring (bicyclic) bond motifs is 1. The number of nitrogens with zero attached hydrogens (tertiary/aromatic N) is 4. The van der Waals surface area contributed by atoms with Crippen molar-refractivity contribution in [3.63, 3.8) is 0 Å². The number of carbonyl (C=O) groups excluding carboxylic acids is 1. The van der Waals surface area contributed by atoms with Crippen LogP contribution in [0.1, 0.15) is 12.0 Å². The van der Waals surface area contributed by atoms with E-state index < -0.39 is 11.7 Å². The van der Waals surface area contributed by atoms with Gasteiger partial charge in [0.05, 0.1) is 17.3 Å². The lowest BCUT2D eigenvalue weighted by atomic mass is 10.1. The maximum Gasteiger partial charge on any atom is 0.416 e. The molecule has 1 amide bonds. The normalized spacial score (nSPS) is 16.6. The van der Waals surface area contributed by atoms with Crippen LogP contribution in [-0.4, -0.2) is 40.0 Å². The average molecular weight is 413 g/mol. The van der Waals surface area contributed by atoms with E-state index in [1.807, 2.05) is 4.90 Å². The molecule has 6 nitrogen and oxygen atoms in total. The fraction of sp³-hybridized carbons (Fsp3) is 0.238. The van der Waals surface area contributed by atoms with Gasteiger partial charge in [-0.05, 0) is 30.7 Å². The molecule has 1 atom stereocenters. The molecule has 0 radical (unpaired) electrons. The second-order valence-electron chi connectivity index (χ2n) is 6.98. The number of nitrogens with one attached hydrogen (secondary N) is 1. The molecule has 1 unspecified atom stereocenters. The molecule has 0 bridgehead atoms. The van der Waals surface area contributed by atoms with Crippen molar-refractivity contribution in [1.82, 2.24) is 20.3 Å². The molecule has 3 heterocycles. The third-order valence-electron chi connectivity index (χ3n) is 4.97. The van der Waals surface area contributed by atoms with Crippen LogP contribution in [0.2, 0.25) is 0 Å². The van der Waals surface area contributed by atoms with E-state index >= 15 is 0 Å². The third kappa shape index (κ3) is 3.96. The lowest BCUT2D eigenvalue weighted by Gasteiger charge is -2.20. The highest BCUT2D eigenvalue weighted by Gasteiger charge is 2.30. The summed E-state index contributed by atoms with van der Waals surface area (Å²) in [5, 5.41) is 3.67. The second kappa shape index (κ2) is 7.74. The first-order valence-corrected chi connectivity index (χ1v) is 9.32. The quantitative estimate of drug-likeness (QED) is 0.662. The minimum atomic E-state index is -4.40. The zero-order chi connectivity index (χ0) is 21.3. The molecule has 3 aromatic rings. The molecule has 1 aliphatic rings. The first-order valence-electron chi connectivity index (χ1n) is 9.32. The van der Waals surface area contributed by atoms with Gasteiger partial charge in [-0.1, -0.05) is 18.7 Å². The molecular weight excluding hydrogens is 395 g/mol. The van der Waals surface area contributed by atoms with Crippen LogP contribution in [-0.2, 0) is 11.0 Å². The highest BCUT2D eigenvalue weighted by molar-refractivity contribution is 5.91. The zero-order valence-corrected chi connectivity index (χ0v) is 15.9. The van der Waals surface area contributed by atoms with Crippen molar-refractivity contribution in [2.24, 2.45) is 0 Å². The summed E-state index contributed by atoms with van der Waals surface area (Å²) in [5.41, 5.74) is 0.343. The predicted molar refractivity (Wildman–Crippen MR) is 107 cm³/mol. The number of anilines is 1. The summed E-state index contributed by atoms with van der Waals surface area (Å²) < 4.78 is 38.6. The van der Waals surface area contributed by atoms with Gasteiger partial charge in [0.1, 0.15) is 5.82 Å². The summed E-state index contributed by atoms with van der Waals surface area (Å²) in [6.07, 6.45) is 0.808. The summed E-state index contributed by atoms with van der Waals surface area (Å²) >= 11 is 0. The molecule has 1 N–H and O–H groups in total. The van der Waals surface area contributed by atoms with Crippen molar-refractivity contribution in [3.8, 4) is 11.4 Å². The van der Waals surface area contributed by atoms with Crippen LogP contribution >= 0.6 is 0 Å². The van der Waals surface area contributed by atoms with Crippen molar-refractivity contribution in [2.75, 3.05) is 18.0 Å². The maximum absolute atomic E-state index is 12.9. The molecule has 30 heavy (non-hydrogen) atoms. The Morgan fingerprint density at radius 1 is 1.20 bits per heavy atom. The van der Waals surface area contributed by atoms with Crippen LogP contribution < -0.4 is 10.2 Å².